The highest BCUT2D eigenvalue weighted by molar-refractivity contribution is 5.88. The van der Waals surface area contributed by atoms with Crippen molar-refractivity contribution in [3.8, 4) is 0 Å². The third kappa shape index (κ3) is 3.50. The minimum atomic E-state index is -0.564. The summed E-state index contributed by atoms with van der Waals surface area (Å²) in [6, 6.07) is 8.75. The van der Waals surface area contributed by atoms with Crippen molar-refractivity contribution in [2.24, 2.45) is 5.92 Å². The first-order valence-electron chi connectivity index (χ1n) is 8.79. The normalized spacial score (nSPS) is 20.8. The lowest BCUT2D eigenvalue weighted by Crippen LogP contribution is -2.54. The second kappa shape index (κ2) is 7.60. The van der Waals surface area contributed by atoms with E-state index in [0.29, 0.717) is 13.1 Å². The van der Waals surface area contributed by atoms with Crippen molar-refractivity contribution in [1.29, 1.82) is 0 Å². The van der Waals surface area contributed by atoms with E-state index in [4.69, 9.17) is 0 Å². The first-order chi connectivity index (χ1) is 11.7. The average molecular weight is 328 g/mol. The maximum Gasteiger partial charge on any atom is 0.243 e. The maximum atomic E-state index is 12.6. The zero-order chi connectivity index (χ0) is 16.9. The molecule has 1 heterocycles. The van der Waals surface area contributed by atoms with Crippen molar-refractivity contribution in [3.63, 3.8) is 0 Å². The molecule has 0 spiro atoms. The topological polar surface area (TPSA) is 57.7 Å². The molecule has 1 aromatic rings. The van der Waals surface area contributed by atoms with Gasteiger partial charge in [-0.1, -0.05) is 49.6 Å². The lowest BCUT2D eigenvalue weighted by molar-refractivity contribution is -0.150. The monoisotopic (exact) mass is 328 g/mol. The summed E-state index contributed by atoms with van der Waals surface area (Å²) in [4.78, 5) is 40.0. The summed E-state index contributed by atoms with van der Waals surface area (Å²) in [6.07, 6.45) is 6.10. The van der Waals surface area contributed by atoms with Crippen LogP contribution in [0.5, 0.6) is 0 Å². The SMILES string of the molecule is O=CC(c1ccccc1)N1CCN(C(=O)C2CCCCC2)CC1=O. The van der Waals surface area contributed by atoms with E-state index < -0.39 is 6.04 Å². The molecule has 3 rings (SSSR count). The largest absolute Gasteiger partial charge is 0.331 e. The van der Waals surface area contributed by atoms with Gasteiger partial charge >= 0.3 is 0 Å². The van der Waals surface area contributed by atoms with Crippen molar-refractivity contribution in [3.05, 3.63) is 35.9 Å². The smallest absolute Gasteiger partial charge is 0.243 e. The molecule has 2 amide bonds. The fraction of sp³-hybridized carbons (Fsp3) is 0.526. The molecule has 1 saturated heterocycles. The minimum Gasteiger partial charge on any atom is -0.331 e. The van der Waals surface area contributed by atoms with Gasteiger partial charge in [-0.2, -0.15) is 0 Å². The molecule has 0 radical (unpaired) electrons. The summed E-state index contributed by atoms with van der Waals surface area (Å²) in [7, 11) is 0. The van der Waals surface area contributed by atoms with Crippen LogP contribution in [0.25, 0.3) is 0 Å². The standard InChI is InChI=1S/C19H24N2O3/c22-14-17(15-7-3-1-4-8-15)21-12-11-20(13-18(21)23)19(24)16-9-5-2-6-10-16/h1,3-4,7-8,14,16-17H,2,5-6,9-13H2. The van der Waals surface area contributed by atoms with Crippen LogP contribution in [-0.2, 0) is 14.4 Å². The zero-order valence-corrected chi connectivity index (χ0v) is 13.9. The Hall–Kier alpha value is -2.17. The lowest BCUT2D eigenvalue weighted by atomic mass is 9.88. The lowest BCUT2D eigenvalue weighted by Gasteiger charge is -2.39. The van der Waals surface area contributed by atoms with E-state index in [1.54, 1.807) is 9.80 Å². The molecule has 0 aromatic heterocycles. The fourth-order valence-corrected chi connectivity index (χ4v) is 3.76. The average Bonchev–Trinajstić information content (AvgIpc) is 2.64. The Balaban J connectivity index is 1.65. The van der Waals surface area contributed by atoms with Gasteiger partial charge in [0.05, 0.1) is 6.54 Å². The van der Waals surface area contributed by atoms with Crippen molar-refractivity contribution < 1.29 is 14.4 Å². The summed E-state index contributed by atoms with van der Waals surface area (Å²) >= 11 is 0. The van der Waals surface area contributed by atoms with Crippen molar-refractivity contribution in [2.45, 2.75) is 38.1 Å². The maximum absolute atomic E-state index is 12.6. The van der Waals surface area contributed by atoms with Crippen LogP contribution < -0.4 is 0 Å². The van der Waals surface area contributed by atoms with Gasteiger partial charge in [0.1, 0.15) is 12.3 Å². The molecule has 128 valence electrons. The van der Waals surface area contributed by atoms with E-state index in [1.807, 2.05) is 30.3 Å². The molecule has 1 aliphatic carbocycles. The van der Waals surface area contributed by atoms with E-state index in [0.717, 1.165) is 37.5 Å². The Morgan fingerprint density at radius 2 is 1.79 bits per heavy atom. The highest BCUT2D eigenvalue weighted by Crippen LogP contribution is 2.27. The van der Waals surface area contributed by atoms with Crippen LogP contribution in [-0.4, -0.2) is 47.5 Å². The summed E-state index contributed by atoms with van der Waals surface area (Å²) in [5.74, 6) is 0.0468. The van der Waals surface area contributed by atoms with E-state index in [-0.39, 0.29) is 24.3 Å². The van der Waals surface area contributed by atoms with Crippen LogP contribution >= 0.6 is 0 Å². The van der Waals surface area contributed by atoms with E-state index >= 15 is 0 Å². The molecule has 2 fully saturated rings. The van der Waals surface area contributed by atoms with Gasteiger partial charge in [-0.05, 0) is 18.4 Å². The Labute approximate surface area is 142 Å². The Kier molecular flexibility index (Phi) is 5.28. The summed E-state index contributed by atoms with van der Waals surface area (Å²) in [6.45, 7) is 1.01. The number of carbonyl (C=O) groups is 3. The molecular weight excluding hydrogens is 304 g/mol. The van der Waals surface area contributed by atoms with E-state index in [9.17, 15) is 14.4 Å². The number of carbonyl (C=O) groups excluding carboxylic acids is 3. The van der Waals surface area contributed by atoms with Gasteiger partial charge in [-0.25, -0.2) is 0 Å². The molecule has 0 N–H and O–H groups in total. The summed E-state index contributed by atoms with van der Waals surface area (Å²) in [5.41, 5.74) is 0.813. The Morgan fingerprint density at radius 1 is 1.08 bits per heavy atom. The molecule has 1 saturated carbocycles. The second-order valence-corrected chi connectivity index (χ2v) is 6.67. The van der Waals surface area contributed by atoms with Crippen molar-refractivity contribution >= 4 is 18.1 Å². The second-order valence-electron chi connectivity index (χ2n) is 6.67. The predicted octanol–water partition coefficient (Wildman–Crippen LogP) is 2.18. The summed E-state index contributed by atoms with van der Waals surface area (Å²) < 4.78 is 0. The highest BCUT2D eigenvalue weighted by Gasteiger charge is 2.34. The van der Waals surface area contributed by atoms with Gasteiger partial charge in [-0.15, -0.1) is 0 Å². The predicted molar refractivity (Wildman–Crippen MR) is 90.1 cm³/mol. The number of benzene rings is 1. The van der Waals surface area contributed by atoms with Crippen LogP contribution in [0.3, 0.4) is 0 Å². The van der Waals surface area contributed by atoms with Crippen molar-refractivity contribution in [2.75, 3.05) is 19.6 Å². The van der Waals surface area contributed by atoms with Gasteiger partial charge in [0.25, 0.3) is 0 Å². The van der Waals surface area contributed by atoms with Crippen molar-refractivity contribution in [1.82, 2.24) is 9.80 Å². The third-order valence-corrected chi connectivity index (χ3v) is 5.13. The summed E-state index contributed by atoms with van der Waals surface area (Å²) in [5, 5.41) is 0. The van der Waals surface area contributed by atoms with Gasteiger partial charge in [-0.3, -0.25) is 9.59 Å². The molecule has 5 nitrogen and oxygen atoms in total. The molecule has 0 bridgehead atoms. The molecule has 5 heteroatoms. The first kappa shape index (κ1) is 16.7. The molecule has 2 aliphatic rings. The van der Waals surface area contributed by atoms with Gasteiger partial charge in [0.2, 0.25) is 11.8 Å². The number of rotatable bonds is 4. The molecule has 24 heavy (non-hydrogen) atoms. The molecule has 1 aliphatic heterocycles. The van der Waals surface area contributed by atoms with Gasteiger partial charge in [0, 0.05) is 19.0 Å². The van der Waals surface area contributed by atoms with Crippen LogP contribution in [0.2, 0.25) is 0 Å². The van der Waals surface area contributed by atoms with Crippen LogP contribution in [0, 0.1) is 5.92 Å². The molecule has 1 aromatic carbocycles. The highest BCUT2D eigenvalue weighted by atomic mass is 16.2. The van der Waals surface area contributed by atoms with Crippen LogP contribution in [0.4, 0.5) is 0 Å². The third-order valence-electron chi connectivity index (χ3n) is 5.13. The van der Waals surface area contributed by atoms with Crippen LogP contribution in [0.1, 0.15) is 43.7 Å². The quantitative estimate of drug-likeness (QED) is 0.796. The van der Waals surface area contributed by atoms with Crippen LogP contribution in [0.15, 0.2) is 30.3 Å². The van der Waals surface area contributed by atoms with E-state index in [2.05, 4.69) is 0 Å². The number of nitrogens with zero attached hydrogens (tertiary/aromatic N) is 2. The number of hydrogen-bond acceptors (Lipinski definition) is 3. The van der Waals surface area contributed by atoms with Gasteiger partial charge < -0.3 is 14.6 Å². The number of aldehydes is 1. The molecule has 1 atom stereocenters. The van der Waals surface area contributed by atoms with Gasteiger partial charge in [0.15, 0.2) is 0 Å². The zero-order valence-electron chi connectivity index (χ0n) is 13.9. The first-order valence-corrected chi connectivity index (χ1v) is 8.79. The Bertz CT molecular complexity index is 596. The molecule has 1 unspecified atom stereocenters. The number of amides is 2. The minimum absolute atomic E-state index is 0.0779. The number of piperazine rings is 1. The number of hydrogen-bond donors (Lipinski definition) is 0. The molecular formula is C19H24N2O3. The fourth-order valence-electron chi connectivity index (χ4n) is 3.76. The Morgan fingerprint density at radius 3 is 2.42 bits per heavy atom. The van der Waals surface area contributed by atoms with E-state index in [1.165, 1.54) is 6.42 Å².